The molecule has 3 rings (SSSR count). The minimum Gasteiger partial charge on any atom is -0.488 e. The van der Waals surface area contributed by atoms with Gasteiger partial charge in [-0.25, -0.2) is 0 Å². The number of fused-ring (bicyclic) bond motifs is 1. The summed E-state index contributed by atoms with van der Waals surface area (Å²) >= 11 is 0. The minimum absolute atomic E-state index is 0.0262. The Balaban J connectivity index is 2.16. The van der Waals surface area contributed by atoms with E-state index in [1.54, 1.807) is 18.2 Å². The first-order chi connectivity index (χ1) is 13.2. The van der Waals surface area contributed by atoms with Crippen molar-refractivity contribution in [3.05, 3.63) is 76.4 Å². The van der Waals surface area contributed by atoms with Crippen LogP contribution in [0.3, 0.4) is 0 Å². The summed E-state index contributed by atoms with van der Waals surface area (Å²) in [7, 11) is 0. The normalized spacial score (nSPS) is 11.4. The van der Waals surface area contributed by atoms with E-state index < -0.39 is 0 Å². The predicted molar refractivity (Wildman–Crippen MR) is 98.1 cm³/mol. The van der Waals surface area contributed by atoms with Crippen LogP contribution in [0, 0.1) is 45.3 Å². The summed E-state index contributed by atoms with van der Waals surface area (Å²) in [5.74, 6) is 0.514. The Morgan fingerprint density at radius 1 is 0.778 bits per heavy atom. The molecule has 0 N–H and O–H groups in total. The number of allylic oxidation sites excluding steroid dienone is 4. The van der Waals surface area contributed by atoms with Crippen molar-refractivity contribution in [3.63, 3.8) is 0 Å². The van der Waals surface area contributed by atoms with Crippen molar-refractivity contribution in [1.29, 1.82) is 21.0 Å². The van der Waals surface area contributed by atoms with Crippen molar-refractivity contribution >= 4 is 11.1 Å². The number of nitriles is 4. The van der Waals surface area contributed by atoms with Gasteiger partial charge in [0.1, 0.15) is 47.8 Å². The highest BCUT2D eigenvalue weighted by atomic mass is 16.5. The van der Waals surface area contributed by atoms with E-state index >= 15 is 0 Å². The van der Waals surface area contributed by atoms with Crippen molar-refractivity contribution in [2.24, 2.45) is 0 Å². The molecular formula is C22H12N4O. The summed E-state index contributed by atoms with van der Waals surface area (Å²) in [6, 6.07) is 22.5. The van der Waals surface area contributed by atoms with Crippen LogP contribution in [-0.4, -0.2) is 0 Å². The van der Waals surface area contributed by atoms with Gasteiger partial charge in [-0.2, -0.15) is 21.0 Å². The van der Waals surface area contributed by atoms with Crippen LogP contribution in [0.1, 0.15) is 23.1 Å². The first-order valence-corrected chi connectivity index (χ1v) is 8.10. The van der Waals surface area contributed by atoms with Crippen molar-refractivity contribution in [2.45, 2.75) is 13.0 Å². The largest absolute Gasteiger partial charge is 0.488 e. The van der Waals surface area contributed by atoms with Gasteiger partial charge in [0.05, 0.1) is 0 Å². The van der Waals surface area contributed by atoms with Gasteiger partial charge >= 0.3 is 0 Å². The Hall–Kier alpha value is -4.32. The Morgan fingerprint density at radius 2 is 1.41 bits per heavy atom. The van der Waals surface area contributed by atoms with Crippen molar-refractivity contribution in [2.75, 3.05) is 0 Å². The standard InChI is InChI=1S/C22H12N4O/c23-10-16(11-24)19-9-20(17(12-25)13-26)22-18(19)7-4-8-21(22)27-14-15-5-2-1-3-6-15/h1-8H,9,14H2. The molecule has 0 amide bonds. The van der Waals surface area contributed by atoms with Crippen LogP contribution in [0.25, 0.3) is 11.1 Å². The fourth-order valence-corrected chi connectivity index (χ4v) is 3.07. The molecule has 5 nitrogen and oxygen atoms in total. The maximum atomic E-state index is 9.33. The highest BCUT2D eigenvalue weighted by Gasteiger charge is 2.30. The molecule has 0 unspecified atom stereocenters. The first-order valence-electron chi connectivity index (χ1n) is 8.10. The zero-order chi connectivity index (χ0) is 19.2. The summed E-state index contributed by atoms with van der Waals surface area (Å²) in [6.45, 7) is 0.321. The van der Waals surface area contributed by atoms with Crippen LogP contribution in [0.2, 0.25) is 0 Å². The molecule has 0 aromatic heterocycles. The average molecular weight is 348 g/mol. The number of benzene rings is 2. The fourth-order valence-electron chi connectivity index (χ4n) is 3.07. The topological polar surface area (TPSA) is 104 Å². The Kier molecular flexibility index (Phi) is 5.00. The zero-order valence-electron chi connectivity index (χ0n) is 14.2. The van der Waals surface area contributed by atoms with Crippen LogP contribution in [0.15, 0.2) is 59.7 Å². The zero-order valence-corrected chi connectivity index (χ0v) is 14.2. The van der Waals surface area contributed by atoms with Gasteiger partial charge in [0.15, 0.2) is 0 Å². The molecule has 0 heterocycles. The van der Waals surface area contributed by atoms with Crippen molar-refractivity contribution < 1.29 is 4.74 Å². The maximum absolute atomic E-state index is 9.33. The molecule has 0 saturated carbocycles. The molecule has 0 spiro atoms. The summed E-state index contributed by atoms with van der Waals surface area (Å²) in [6.07, 6.45) is 0.175. The van der Waals surface area contributed by atoms with Gasteiger partial charge in [0, 0.05) is 12.0 Å². The fraction of sp³-hybridized carbons (Fsp3) is 0.0909. The van der Waals surface area contributed by atoms with Crippen LogP contribution >= 0.6 is 0 Å². The summed E-state index contributed by atoms with van der Waals surface area (Å²) < 4.78 is 5.96. The second-order valence-electron chi connectivity index (χ2n) is 5.78. The molecular weight excluding hydrogens is 336 g/mol. The molecule has 1 aliphatic rings. The highest BCUT2D eigenvalue weighted by molar-refractivity contribution is 6.00. The van der Waals surface area contributed by atoms with Gasteiger partial charge in [-0.3, -0.25) is 0 Å². The minimum atomic E-state index is -0.0442. The van der Waals surface area contributed by atoms with E-state index in [1.165, 1.54) is 0 Å². The highest BCUT2D eigenvalue weighted by Crippen LogP contribution is 2.47. The molecule has 0 radical (unpaired) electrons. The smallest absolute Gasteiger partial charge is 0.133 e. The quantitative estimate of drug-likeness (QED) is 0.770. The van der Waals surface area contributed by atoms with Crippen molar-refractivity contribution in [1.82, 2.24) is 0 Å². The van der Waals surface area contributed by atoms with E-state index in [2.05, 4.69) is 0 Å². The number of ether oxygens (including phenoxy) is 1. The van der Waals surface area contributed by atoms with Gasteiger partial charge < -0.3 is 4.74 Å². The lowest BCUT2D eigenvalue weighted by Crippen LogP contribution is -1.98. The lowest BCUT2D eigenvalue weighted by molar-refractivity contribution is 0.305. The van der Waals surface area contributed by atoms with E-state index in [-0.39, 0.29) is 17.6 Å². The molecule has 0 bridgehead atoms. The average Bonchev–Trinajstić information content (AvgIpc) is 3.09. The van der Waals surface area contributed by atoms with Crippen LogP contribution < -0.4 is 4.74 Å². The Labute approximate surface area is 156 Å². The number of hydrogen-bond acceptors (Lipinski definition) is 5. The molecule has 0 fully saturated rings. The lowest BCUT2D eigenvalue weighted by atomic mass is 10.0. The van der Waals surface area contributed by atoms with Gasteiger partial charge in [0.2, 0.25) is 0 Å². The van der Waals surface area contributed by atoms with Gasteiger partial charge in [0.25, 0.3) is 0 Å². The molecule has 2 aromatic carbocycles. The lowest BCUT2D eigenvalue weighted by Gasteiger charge is -2.12. The van der Waals surface area contributed by atoms with Crippen LogP contribution in [-0.2, 0) is 6.61 Å². The molecule has 2 aromatic rings. The Morgan fingerprint density at radius 3 is 2.04 bits per heavy atom. The van der Waals surface area contributed by atoms with Gasteiger partial charge in [-0.15, -0.1) is 0 Å². The molecule has 1 aliphatic carbocycles. The van der Waals surface area contributed by atoms with Crippen LogP contribution in [0.4, 0.5) is 0 Å². The summed E-state index contributed by atoms with van der Waals surface area (Å²) in [5.41, 5.74) is 3.15. The predicted octanol–water partition coefficient (Wildman–Crippen LogP) is 4.27. The summed E-state index contributed by atoms with van der Waals surface area (Å²) in [5, 5.41) is 37.2. The Bertz CT molecular complexity index is 1100. The number of nitrogens with zero attached hydrogens (tertiary/aromatic N) is 4. The SMILES string of the molecule is N#CC(C#N)=C1CC(=C(C#N)C#N)c2c(OCc3ccccc3)cccc21. The van der Waals surface area contributed by atoms with Gasteiger partial charge in [-0.05, 0) is 28.3 Å². The first kappa shape index (κ1) is 17.5. The van der Waals surface area contributed by atoms with E-state index in [0.29, 0.717) is 34.6 Å². The molecule has 126 valence electrons. The van der Waals surface area contributed by atoms with E-state index in [0.717, 1.165) is 5.56 Å². The second-order valence-corrected chi connectivity index (χ2v) is 5.78. The van der Waals surface area contributed by atoms with Crippen molar-refractivity contribution in [3.8, 4) is 30.0 Å². The molecule has 0 atom stereocenters. The van der Waals surface area contributed by atoms with Gasteiger partial charge in [-0.1, -0.05) is 42.5 Å². The van der Waals surface area contributed by atoms with E-state index in [9.17, 15) is 21.0 Å². The third-order valence-corrected chi connectivity index (χ3v) is 4.29. The van der Waals surface area contributed by atoms with E-state index in [4.69, 9.17) is 4.74 Å². The second kappa shape index (κ2) is 7.71. The third kappa shape index (κ3) is 3.27. The number of hydrogen-bond donors (Lipinski definition) is 0. The molecule has 5 heteroatoms. The molecule has 27 heavy (non-hydrogen) atoms. The van der Waals surface area contributed by atoms with Crippen LogP contribution in [0.5, 0.6) is 5.75 Å². The van der Waals surface area contributed by atoms with E-state index in [1.807, 2.05) is 54.6 Å². The maximum Gasteiger partial charge on any atom is 0.133 e. The monoisotopic (exact) mass is 348 g/mol. The molecule has 0 saturated heterocycles. The summed E-state index contributed by atoms with van der Waals surface area (Å²) in [4.78, 5) is 0. The third-order valence-electron chi connectivity index (χ3n) is 4.29. The molecule has 0 aliphatic heterocycles. The number of rotatable bonds is 3.